The Morgan fingerprint density at radius 3 is 2.62 bits per heavy atom. The van der Waals surface area contributed by atoms with Gasteiger partial charge in [0.2, 0.25) is 4.96 Å². The Labute approximate surface area is 170 Å². The van der Waals surface area contributed by atoms with Gasteiger partial charge in [0.05, 0.1) is 4.53 Å². The molecule has 0 fully saturated rings. The smallest absolute Gasteiger partial charge is 0.308 e. The van der Waals surface area contributed by atoms with E-state index in [0.29, 0.717) is 21.1 Å². The minimum absolute atomic E-state index is 0.231. The summed E-state index contributed by atoms with van der Waals surface area (Å²) in [5.74, 6) is 0.524. The summed E-state index contributed by atoms with van der Waals surface area (Å²) in [4.78, 5) is 28.7. The number of esters is 1. The van der Waals surface area contributed by atoms with E-state index in [9.17, 15) is 9.59 Å². The summed E-state index contributed by atoms with van der Waals surface area (Å²) < 4.78 is 6.90. The van der Waals surface area contributed by atoms with Crippen molar-refractivity contribution in [3.63, 3.8) is 0 Å². The molecule has 0 saturated heterocycles. The number of hydrogen-bond acceptors (Lipinski definition) is 6. The van der Waals surface area contributed by atoms with Gasteiger partial charge in [-0.05, 0) is 42.3 Å². The van der Waals surface area contributed by atoms with Crippen molar-refractivity contribution in [3.8, 4) is 5.75 Å². The number of fused-ring (bicyclic) bond motifs is 1. The minimum atomic E-state index is -0.392. The second kappa shape index (κ2) is 7.81. The number of nitrogens with zero attached hydrogens (tertiary/aromatic N) is 3. The predicted octanol–water partition coefficient (Wildman–Crippen LogP) is 3.10. The van der Waals surface area contributed by atoms with Crippen LogP contribution in [0, 0.1) is 6.92 Å². The first-order valence-electron chi connectivity index (χ1n) is 8.92. The van der Waals surface area contributed by atoms with Crippen LogP contribution in [0.5, 0.6) is 5.75 Å². The molecule has 7 heteroatoms. The third-order valence-electron chi connectivity index (χ3n) is 4.12. The minimum Gasteiger partial charge on any atom is -0.427 e. The molecule has 2 aromatic heterocycles. The molecule has 0 aliphatic carbocycles. The van der Waals surface area contributed by atoms with Gasteiger partial charge in [-0.2, -0.15) is 9.50 Å². The highest BCUT2D eigenvalue weighted by Gasteiger charge is 2.09. The van der Waals surface area contributed by atoms with Gasteiger partial charge in [-0.3, -0.25) is 9.59 Å². The number of thiazole rings is 1. The molecule has 0 bridgehead atoms. The van der Waals surface area contributed by atoms with Crippen LogP contribution in [0.25, 0.3) is 23.2 Å². The molecule has 6 nitrogen and oxygen atoms in total. The van der Waals surface area contributed by atoms with Crippen LogP contribution in [-0.2, 0) is 4.79 Å². The molecule has 2 heterocycles. The van der Waals surface area contributed by atoms with Crippen LogP contribution in [0.4, 0.5) is 0 Å². The predicted molar refractivity (Wildman–Crippen MR) is 114 cm³/mol. The topological polar surface area (TPSA) is 73.6 Å². The molecule has 4 rings (SSSR count). The Kier molecular flexibility index (Phi) is 5.05. The van der Waals surface area contributed by atoms with E-state index >= 15 is 0 Å². The summed E-state index contributed by atoms with van der Waals surface area (Å²) in [6.45, 7) is 3.38. The van der Waals surface area contributed by atoms with Crippen LogP contribution in [0.15, 0.2) is 53.3 Å². The lowest BCUT2D eigenvalue weighted by Gasteiger charge is -2.01. The van der Waals surface area contributed by atoms with Gasteiger partial charge in [-0.1, -0.05) is 59.4 Å². The molecule has 0 amide bonds. The average molecular weight is 403 g/mol. The van der Waals surface area contributed by atoms with Gasteiger partial charge in [0.1, 0.15) is 5.75 Å². The Morgan fingerprint density at radius 2 is 1.90 bits per heavy atom. The lowest BCUT2D eigenvalue weighted by Crippen LogP contribution is -2.23. The number of carbonyl (C=O) groups excluding carboxylic acids is 1. The lowest BCUT2D eigenvalue weighted by molar-refractivity contribution is -0.131. The van der Waals surface area contributed by atoms with Gasteiger partial charge in [-0.25, -0.2) is 0 Å². The average Bonchev–Trinajstić information content (AvgIpc) is 3.20. The van der Waals surface area contributed by atoms with Crippen molar-refractivity contribution in [2.24, 2.45) is 0 Å². The Balaban J connectivity index is 1.63. The molecule has 2 aromatic carbocycles. The molecule has 4 aromatic rings. The fourth-order valence-electron chi connectivity index (χ4n) is 2.75. The molecule has 0 radical (unpaired) electrons. The largest absolute Gasteiger partial charge is 0.427 e. The standard InChI is InChI=1S/C22H17N3O3S/c1-14-6-8-16(9-7-14)10-11-20-23-22-25(24-20)21(27)19(29-22)13-17-4-3-5-18(12-17)28-15(2)26/h3-13H,1-2H3. The summed E-state index contributed by atoms with van der Waals surface area (Å²) in [6, 6.07) is 15.1. The van der Waals surface area contributed by atoms with Crippen molar-refractivity contribution >= 4 is 40.5 Å². The highest BCUT2D eigenvalue weighted by molar-refractivity contribution is 7.15. The third-order valence-corrected chi connectivity index (χ3v) is 5.08. The zero-order valence-corrected chi connectivity index (χ0v) is 16.6. The van der Waals surface area contributed by atoms with Gasteiger partial charge < -0.3 is 4.74 Å². The Morgan fingerprint density at radius 1 is 1.10 bits per heavy atom. The van der Waals surface area contributed by atoms with E-state index in [1.165, 1.54) is 28.3 Å². The van der Waals surface area contributed by atoms with Crippen LogP contribution in [0.2, 0.25) is 0 Å². The summed E-state index contributed by atoms with van der Waals surface area (Å²) >= 11 is 1.26. The van der Waals surface area contributed by atoms with Crippen LogP contribution >= 0.6 is 11.3 Å². The molecule has 144 valence electrons. The first-order chi connectivity index (χ1) is 14.0. The highest BCUT2D eigenvalue weighted by Crippen LogP contribution is 2.14. The van der Waals surface area contributed by atoms with E-state index in [2.05, 4.69) is 10.1 Å². The number of aromatic nitrogens is 3. The normalized spacial score (nSPS) is 12.1. The summed E-state index contributed by atoms with van der Waals surface area (Å²) in [5.41, 5.74) is 2.76. The van der Waals surface area contributed by atoms with E-state index in [-0.39, 0.29) is 5.56 Å². The quantitative estimate of drug-likeness (QED) is 0.387. The summed E-state index contributed by atoms with van der Waals surface area (Å²) in [6.07, 6.45) is 5.44. The lowest BCUT2D eigenvalue weighted by atomic mass is 10.1. The Hall–Kier alpha value is -3.58. The molecule has 0 aliphatic rings. The second-order valence-corrected chi connectivity index (χ2v) is 7.50. The summed E-state index contributed by atoms with van der Waals surface area (Å²) in [7, 11) is 0. The number of aryl methyl sites for hydroxylation is 1. The zero-order valence-electron chi connectivity index (χ0n) is 15.8. The molecule has 0 saturated carbocycles. The fraction of sp³-hybridized carbons (Fsp3) is 0.0909. The molecule has 0 spiro atoms. The molecular formula is C22H17N3O3S. The first kappa shape index (κ1) is 18.8. The van der Waals surface area contributed by atoms with Crippen molar-refractivity contribution in [1.29, 1.82) is 0 Å². The highest BCUT2D eigenvalue weighted by atomic mass is 32.1. The van der Waals surface area contributed by atoms with E-state index in [1.807, 2.05) is 43.3 Å². The van der Waals surface area contributed by atoms with Gasteiger partial charge in [-0.15, -0.1) is 5.10 Å². The van der Waals surface area contributed by atoms with Crippen LogP contribution in [0.1, 0.15) is 29.4 Å². The van der Waals surface area contributed by atoms with E-state index < -0.39 is 5.97 Å². The summed E-state index contributed by atoms with van der Waals surface area (Å²) in [5, 5.41) is 4.29. The zero-order chi connectivity index (χ0) is 20.4. The number of carbonyl (C=O) groups is 1. The Bertz CT molecular complexity index is 1330. The molecule has 0 aliphatic heterocycles. The number of ether oxygens (including phenoxy) is 1. The van der Waals surface area contributed by atoms with E-state index in [1.54, 1.807) is 30.4 Å². The SMILES string of the molecule is CC(=O)Oc1cccc(C=c2sc3nc(C=Cc4ccc(C)cc4)nn3c2=O)c1. The van der Waals surface area contributed by atoms with Crippen molar-refractivity contribution in [1.82, 2.24) is 14.6 Å². The third kappa shape index (κ3) is 4.30. The van der Waals surface area contributed by atoms with Crippen molar-refractivity contribution in [2.75, 3.05) is 0 Å². The van der Waals surface area contributed by atoms with Crippen LogP contribution in [0.3, 0.4) is 0 Å². The number of benzene rings is 2. The van der Waals surface area contributed by atoms with Crippen molar-refractivity contribution in [2.45, 2.75) is 13.8 Å². The fourth-order valence-corrected chi connectivity index (χ4v) is 3.67. The van der Waals surface area contributed by atoms with Gasteiger partial charge in [0, 0.05) is 6.92 Å². The number of rotatable bonds is 4. The maximum Gasteiger partial charge on any atom is 0.308 e. The maximum absolute atomic E-state index is 12.7. The molecule has 29 heavy (non-hydrogen) atoms. The number of hydrogen-bond donors (Lipinski definition) is 0. The first-order valence-corrected chi connectivity index (χ1v) is 9.74. The van der Waals surface area contributed by atoms with Crippen LogP contribution < -0.4 is 14.8 Å². The van der Waals surface area contributed by atoms with Gasteiger partial charge in [0.15, 0.2) is 5.82 Å². The maximum atomic E-state index is 12.7. The molecular weight excluding hydrogens is 386 g/mol. The monoisotopic (exact) mass is 403 g/mol. The van der Waals surface area contributed by atoms with Gasteiger partial charge in [0.25, 0.3) is 5.56 Å². The van der Waals surface area contributed by atoms with Crippen molar-refractivity contribution < 1.29 is 9.53 Å². The molecule has 0 unspecified atom stereocenters. The van der Waals surface area contributed by atoms with Crippen molar-refractivity contribution in [3.05, 3.63) is 85.9 Å². The van der Waals surface area contributed by atoms with Crippen LogP contribution in [-0.4, -0.2) is 20.6 Å². The molecule has 0 N–H and O–H groups in total. The van der Waals surface area contributed by atoms with Gasteiger partial charge >= 0.3 is 5.97 Å². The van der Waals surface area contributed by atoms with E-state index in [0.717, 1.165) is 11.1 Å². The molecule has 0 atom stereocenters. The van der Waals surface area contributed by atoms with E-state index in [4.69, 9.17) is 4.74 Å². The second-order valence-electron chi connectivity index (χ2n) is 6.49.